The van der Waals surface area contributed by atoms with Gasteiger partial charge in [0.2, 0.25) is 0 Å². The van der Waals surface area contributed by atoms with Crippen LogP contribution >= 0.6 is 0 Å². The summed E-state index contributed by atoms with van der Waals surface area (Å²) < 4.78 is 5.81. The van der Waals surface area contributed by atoms with Gasteiger partial charge in [0.1, 0.15) is 17.2 Å². The summed E-state index contributed by atoms with van der Waals surface area (Å²) in [6.45, 7) is -0.282. The second-order valence-electron chi connectivity index (χ2n) is 6.68. The third-order valence-corrected chi connectivity index (χ3v) is 4.66. The molecule has 154 valence electrons. The van der Waals surface area contributed by atoms with Crippen LogP contribution < -0.4 is 10.5 Å². The van der Waals surface area contributed by atoms with Gasteiger partial charge in [0.05, 0.1) is 23.8 Å². The Bertz CT molecular complexity index is 1170. The molecule has 4 aromatic rings. The molecule has 0 spiro atoms. The highest BCUT2D eigenvalue weighted by Crippen LogP contribution is 2.29. The first-order chi connectivity index (χ1) is 15.2. The predicted octanol–water partition coefficient (Wildman–Crippen LogP) is 2.95. The van der Waals surface area contributed by atoms with Crippen molar-refractivity contribution in [2.75, 3.05) is 6.61 Å². The molecule has 0 unspecified atom stereocenters. The number of hydrogen-bond acceptors (Lipinski definition) is 7. The summed E-state index contributed by atoms with van der Waals surface area (Å²) in [4.78, 5) is 20.7. The van der Waals surface area contributed by atoms with E-state index in [-0.39, 0.29) is 18.0 Å². The molecule has 0 bridgehead atoms. The average Bonchev–Trinajstić information content (AvgIpc) is 2.82. The van der Waals surface area contributed by atoms with Crippen molar-refractivity contribution in [1.29, 1.82) is 0 Å². The second-order valence-corrected chi connectivity index (χ2v) is 6.68. The van der Waals surface area contributed by atoms with Crippen LogP contribution in [0.1, 0.15) is 27.5 Å². The number of aliphatic hydroxyl groups is 1. The summed E-state index contributed by atoms with van der Waals surface area (Å²) in [6.07, 6.45) is 2.89. The molecule has 2 heterocycles. The quantitative estimate of drug-likeness (QED) is 0.477. The molecule has 0 aliphatic rings. The maximum atomic E-state index is 12.0. The van der Waals surface area contributed by atoms with Crippen LogP contribution in [0.15, 0.2) is 79.1 Å². The van der Waals surface area contributed by atoms with Crippen LogP contribution in [-0.2, 0) is 0 Å². The van der Waals surface area contributed by atoms with Crippen molar-refractivity contribution in [2.45, 2.75) is 5.92 Å². The Morgan fingerprint density at radius 3 is 2.39 bits per heavy atom. The van der Waals surface area contributed by atoms with E-state index in [2.05, 4.69) is 20.2 Å². The average molecular weight is 413 g/mol. The predicted molar refractivity (Wildman–Crippen MR) is 113 cm³/mol. The fourth-order valence-corrected chi connectivity index (χ4v) is 3.14. The van der Waals surface area contributed by atoms with Crippen molar-refractivity contribution in [3.8, 4) is 23.0 Å². The van der Waals surface area contributed by atoms with Gasteiger partial charge in [-0.3, -0.25) is 4.79 Å². The first-order valence-electron chi connectivity index (χ1n) is 9.54. The molecule has 3 N–H and O–H groups in total. The molecule has 0 saturated heterocycles. The normalized spacial score (nSPS) is 11.6. The van der Waals surface area contributed by atoms with E-state index in [9.17, 15) is 9.90 Å². The summed E-state index contributed by atoms with van der Waals surface area (Å²) in [5.41, 5.74) is 7.18. The number of nitrogens with two attached hydrogens (primary N) is 1. The Kier molecular flexibility index (Phi) is 5.91. The van der Waals surface area contributed by atoms with Gasteiger partial charge in [-0.2, -0.15) is 5.10 Å². The number of carbonyl (C=O) groups is 1. The van der Waals surface area contributed by atoms with Crippen LogP contribution in [0.25, 0.3) is 11.5 Å². The van der Waals surface area contributed by atoms with Crippen LogP contribution in [0.3, 0.4) is 0 Å². The largest absolute Gasteiger partial charge is 0.457 e. The molecule has 8 heteroatoms. The molecule has 8 nitrogen and oxygen atoms in total. The minimum atomic E-state index is -0.678. The van der Waals surface area contributed by atoms with Crippen molar-refractivity contribution in [3.05, 3.63) is 95.9 Å². The summed E-state index contributed by atoms with van der Waals surface area (Å²) in [6, 6.07) is 20.0. The molecule has 0 aliphatic carbocycles. The van der Waals surface area contributed by atoms with Crippen LogP contribution in [0.5, 0.6) is 11.5 Å². The summed E-state index contributed by atoms with van der Waals surface area (Å²) in [5.74, 6) is 0.379. The fourth-order valence-electron chi connectivity index (χ4n) is 3.14. The number of ether oxygens (including phenoxy) is 1. The van der Waals surface area contributed by atoms with Gasteiger partial charge < -0.3 is 15.6 Å². The Morgan fingerprint density at radius 2 is 1.74 bits per heavy atom. The number of nitrogens with zero attached hydrogens (tertiary/aromatic N) is 4. The topological polar surface area (TPSA) is 124 Å². The number of hydrogen-bond donors (Lipinski definition) is 2. The zero-order chi connectivity index (χ0) is 21.6. The van der Waals surface area contributed by atoms with Gasteiger partial charge in [0, 0.05) is 12.4 Å². The molecule has 4 rings (SSSR count). The molecule has 0 aliphatic heterocycles. The lowest BCUT2D eigenvalue weighted by Crippen LogP contribution is -2.20. The Balaban J connectivity index is 1.68. The number of rotatable bonds is 7. The summed E-state index contributed by atoms with van der Waals surface area (Å²) in [5, 5.41) is 18.0. The molecule has 1 atom stereocenters. The molecule has 0 radical (unpaired) electrons. The number of aromatic nitrogens is 4. The Morgan fingerprint density at radius 1 is 1.00 bits per heavy atom. The van der Waals surface area contributed by atoms with E-state index in [1.807, 2.05) is 42.5 Å². The first kappa shape index (κ1) is 20.1. The molecular formula is C23H19N5O3. The molecule has 0 saturated carbocycles. The maximum absolute atomic E-state index is 12.0. The second kappa shape index (κ2) is 9.10. The van der Waals surface area contributed by atoms with E-state index in [0.717, 1.165) is 11.3 Å². The van der Waals surface area contributed by atoms with Crippen molar-refractivity contribution in [1.82, 2.24) is 20.2 Å². The van der Waals surface area contributed by atoms with Crippen LogP contribution in [0.4, 0.5) is 0 Å². The van der Waals surface area contributed by atoms with E-state index >= 15 is 0 Å². The Labute approximate surface area is 178 Å². The van der Waals surface area contributed by atoms with Crippen molar-refractivity contribution < 1.29 is 14.6 Å². The number of primary amides is 1. The van der Waals surface area contributed by atoms with Crippen LogP contribution in [0.2, 0.25) is 0 Å². The highest BCUT2D eigenvalue weighted by atomic mass is 16.5. The molecule has 2 aromatic heterocycles. The zero-order valence-electron chi connectivity index (χ0n) is 16.4. The van der Waals surface area contributed by atoms with E-state index in [0.29, 0.717) is 17.1 Å². The van der Waals surface area contributed by atoms with Gasteiger partial charge in [0.25, 0.3) is 5.91 Å². The summed E-state index contributed by atoms with van der Waals surface area (Å²) >= 11 is 0. The SMILES string of the molecule is NC(=O)c1cnc(-c2cccnn2)nc1[C@@H](CO)c1ccc(Oc2ccccc2)cc1. The fraction of sp³-hybridized carbons (Fsp3) is 0.0870. The van der Waals surface area contributed by atoms with E-state index < -0.39 is 11.8 Å². The lowest BCUT2D eigenvalue weighted by Gasteiger charge is -2.18. The van der Waals surface area contributed by atoms with Crippen molar-refractivity contribution >= 4 is 5.91 Å². The van der Waals surface area contributed by atoms with Gasteiger partial charge in [-0.25, -0.2) is 9.97 Å². The third kappa shape index (κ3) is 4.54. The lowest BCUT2D eigenvalue weighted by atomic mass is 9.93. The van der Waals surface area contributed by atoms with E-state index in [1.165, 1.54) is 12.4 Å². The minimum absolute atomic E-state index is 0.135. The number of benzene rings is 2. The third-order valence-electron chi connectivity index (χ3n) is 4.66. The van der Waals surface area contributed by atoms with Gasteiger partial charge >= 0.3 is 0 Å². The van der Waals surface area contributed by atoms with Crippen LogP contribution in [-0.4, -0.2) is 37.8 Å². The van der Waals surface area contributed by atoms with E-state index in [4.69, 9.17) is 10.5 Å². The molecule has 1 amide bonds. The number of carbonyl (C=O) groups excluding carboxylic acids is 1. The van der Waals surface area contributed by atoms with Crippen LogP contribution in [0, 0.1) is 0 Å². The number of para-hydroxylation sites is 1. The highest BCUT2D eigenvalue weighted by Gasteiger charge is 2.23. The smallest absolute Gasteiger partial charge is 0.252 e. The van der Waals surface area contributed by atoms with Crippen molar-refractivity contribution in [2.24, 2.45) is 5.73 Å². The molecule has 31 heavy (non-hydrogen) atoms. The number of aliphatic hydroxyl groups excluding tert-OH is 1. The van der Waals surface area contributed by atoms with Gasteiger partial charge in [-0.1, -0.05) is 30.3 Å². The zero-order valence-corrected chi connectivity index (χ0v) is 16.4. The molecule has 2 aromatic carbocycles. The minimum Gasteiger partial charge on any atom is -0.457 e. The molecular weight excluding hydrogens is 394 g/mol. The first-order valence-corrected chi connectivity index (χ1v) is 9.54. The van der Waals surface area contributed by atoms with Gasteiger partial charge in [0.15, 0.2) is 5.82 Å². The standard InChI is InChI=1S/C23H19N5O3/c24-22(30)18-13-25-23(20-7-4-12-26-28-20)27-21(18)19(14-29)15-8-10-17(11-9-15)31-16-5-2-1-3-6-16/h1-13,19,29H,14H2,(H2,24,30)/t19-/m0/s1. The van der Waals surface area contributed by atoms with Gasteiger partial charge in [-0.05, 0) is 42.0 Å². The maximum Gasteiger partial charge on any atom is 0.252 e. The van der Waals surface area contributed by atoms with Gasteiger partial charge in [-0.15, -0.1) is 5.10 Å². The highest BCUT2D eigenvalue weighted by molar-refractivity contribution is 5.94. The van der Waals surface area contributed by atoms with E-state index in [1.54, 1.807) is 24.3 Å². The molecule has 0 fully saturated rings. The van der Waals surface area contributed by atoms with Crippen molar-refractivity contribution in [3.63, 3.8) is 0 Å². The number of amides is 1. The lowest BCUT2D eigenvalue weighted by molar-refractivity contribution is 0.0998. The monoisotopic (exact) mass is 413 g/mol. The summed E-state index contributed by atoms with van der Waals surface area (Å²) in [7, 11) is 0. The Hall–Kier alpha value is -4.17.